The van der Waals surface area contributed by atoms with Gasteiger partial charge in [-0.3, -0.25) is 14.2 Å². The van der Waals surface area contributed by atoms with Gasteiger partial charge in [-0.25, -0.2) is 4.79 Å². The molecule has 43 heavy (non-hydrogen) atoms. The van der Waals surface area contributed by atoms with Gasteiger partial charge in [-0.2, -0.15) is 18.2 Å². The summed E-state index contributed by atoms with van der Waals surface area (Å²) in [5.74, 6) is 2.02. The molecule has 234 valence electrons. The van der Waals surface area contributed by atoms with Crippen molar-refractivity contribution in [1.82, 2.24) is 14.9 Å². The van der Waals surface area contributed by atoms with Gasteiger partial charge in [0.05, 0.1) is 24.8 Å². The van der Waals surface area contributed by atoms with E-state index in [2.05, 4.69) is 56.0 Å². The molecule has 0 saturated carbocycles. The first kappa shape index (κ1) is 34.3. The van der Waals surface area contributed by atoms with Crippen LogP contribution in [0.15, 0.2) is 41.3 Å². The fourth-order valence-corrected chi connectivity index (χ4v) is 4.96. The summed E-state index contributed by atoms with van der Waals surface area (Å²) in [6.45, 7) is 10.0. The monoisotopic (exact) mass is 642 g/mol. The van der Waals surface area contributed by atoms with Crippen LogP contribution < -0.4 is 16.3 Å². The molecule has 15 heteroatoms. The number of ether oxygens (including phenoxy) is 2. The molecule has 0 radical (unpaired) electrons. The van der Waals surface area contributed by atoms with Crippen LogP contribution in [0.25, 0.3) is 0 Å². The highest BCUT2D eigenvalue weighted by atomic mass is 35.5. The zero-order chi connectivity index (χ0) is 32.0. The Morgan fingerprint density at radius 3 is 2.49 bits per heavy atom. The van der Waals surface area contributed by atoms with Crippen molar-refractivity contribution in [2.45, 2.75) is 69.9 Å². The van der Waals surface area contributed by atoms with Crippen LogP contribution in [0, 0.1) is 11.8 Å². The Kier molecular flexibility index (Phi) is 11.2. The van der Waals surface area contributed by atoms with Crippen molar-refractivity contribution < 1.29 is 36.7 Å². The van der Waals surface area contributed by atoms with Crippen molar-refractivity contribution in [2.75, 3.05) is 24.5 Å². The molecule has 10 nitrogen and oxygen atoms in total. The highest BCUT2D eigenvalue weighted by Gasteiger charge is 2.42. The van der Waals surface area contributed by atoms with E-state index in [1.807, 2.05) is 0 Å². The number of rotatable bonds is 9. The van der Waals surface area contributed by atoms with Crippen LogP contribution in [0.4, 0.5) is 19.0 Å². The van der Waals surface area contributed by atoms with E-state index in [0.717, 1.165) is 4.57 Å². The van der Waals surface area contributed by atoms with Gasteiger partial charge < -0.3 is 24.5 Å². The number of alkyl halides is 4. The number of carbonyl (C=O) groups is 2. The van der Waals surface area contributed by atoms with Crippen LogP contribution in [0.3, 0.4) is 0 Å². The van der Waals surface area contributed by atoms with Gasteiger partial charge in [0.1, 0.15) is 18.4 Å². The molecular weight excluding hydrogens is 609 g/mol. The second-order valence-electron chi connectivity index (χ2n) is 11.2. The van der Waals surface area contributed by atoms with E-state index in [1.165, 1.54) is 6.20 Å². The minimum atomic E-state index is -5.07. The van der Waals surface area contributed by atoms with Gasteiger partial charge >= 0.3 is 17.8 Å². The quantitative estimate of drug-likeness (QED) is 0.236. The lowest BCUT2D eigenvalue weighted by Crippen LogP contribution is -2.44. The van der Waals surface area contributed by atoms with E-state index in [0.29, 0.717) is 0 Å². The largest absolute Gasteiger partial charge is 0.471 e. The topological polar surface area (TPSA) is 121 Å². The van der Waals surface area contributed by atoms with Crippen LogP contribution in [-0.2, 0) is 18.7 Å². The van der Waals surface area contributed by atoms with E-state index < -0.39 is 57.0 Å². The Hall–Kier alpha value is -3.22. The van der Waals surface area contributed by atoms with Crippen molar-refractivity contribution in [2.24, 2.45) is 0 Å². The number of hydrogen-bond acceptors (Lipinski definition) is 7. The number of benzene rings is 1. The summed E-state index contributed by atoms with van der Waals surface area (Å²) in [6, 6.07) is 7.98. The fraction of sp³-hybridized carbons (Fsp3) is 0.500. The predicted molar refractivity (Wildman–Crippen MR) is 156 cm³/mol. The molecule has 2 aromatic rings. The lowest BCUT2D eigenvalue weighted by atomic mass is 10.2. The van der Waals surface area contributed by atoms with Crippen molar-refractivity contribution in [1.29, 1.82) is 0 Å². The molecule has 1 unspecified atom stereocenters. The molecule has 2 heterocycles. The summed E-state index contributed by atoms with van der Waals surface area (Å²) in [6.07, 6.45) is -5.51. The van der Waals surface area contributed by atoms with Gasteiger partial charge in [0.2, 0.25) is 0 Å². The highest BCUT2D eigenvalue weighted by molar-refractivity contribution is 6.74. The Labute approximate surface area is 253 Å². The SMILES string of the molecule is CC(C)(C)[Si](C)(C)OC[C@H]1O[C@@H](n2cc(C#CCNC(=O)C(F)(F)F)c(NC(=O)c3ccccc3)nc2=O)CC1OCCl. The summed E-state index contributed by atoms with van der Waals surface area (Å²) in [5.41, 5.74) is -0.501. The van der Waals surface area contributed by atoms with Crippen molar-refractivity contribution in [3.8, 4) is 11.8 Å². The van der Waals surface area contributed by atoms with Crippen molar-refractivity contribution >= 4 is 37.6 Å². The molecule has 2 N–H and O–H groups in total. The molecule has 1 aromatic heterocycles. The number of hydrogen-bond donors (Lipinski definition) is 2. The number of anilines is 1. The summed E-state index contributed by atoms with van der Waals surface area (Å²) in [7, 11) is -2.14. The minimum absolute atomic E-state index is 0.00419. The smallest absolute Gasteiger partial charge is 0.414 e. The van der Waals surface area contributed by atoms with E-state index in [4.69, 9.17) is 25.5 Å². The van der Waals surface area contributed by atoms with Crippen molar-refractivity contribution in [3.63, 3.8) is 0 Å². The zero-order valence-electron chi connectivity index (χ0n) is 24.4. The number of halogens is 4. The fourth-order valence-electron chi connectivity index (χ4n) is 3.78. The Bertz CT molecular complexity index is 1420. The van der Waals surface area contributed by atoms with Gasteiger partial charge in [0, 0.05) is 18.2 Å². The standard InChI is InChI=1S/C28H34ClF3N4O6Si/c1-27(2,3)43(4,5)41-16-21-20(40-17-29)14-22(42-21)36-15-19(12-9-13-33-25(38)28(30,31)32)23(35-26(36)39)34-24(37)18-10-7-6-8-11-18/h6-8,10-11,15,20-22H,13-14,16-17H2,1-5H3,(H,33,38)(H,34,35,37,39)/t20?,21-,22-/m1/s1. The first-order chi connectivity index (χ1) is 20.0. The second kappa shape index (κ2) is 14.0. The Morgan fingerprint density at radius 1 is 1.21 bits per heavy atom. The van der Waals surface area contributed by atoms with Crippen LogP contribution in [-0.4, -0.2) is 67.3 Å². The number of nitrogens with one attached hydrogen (secondary N) is 2. The van der Waals surface area contributed by atoms with Crippen LogP contribution in [0.5, 0.6) is 0 Å². The van der Waals surface area contributed by atoms with E-state index >= 15 is 0 Å². The lowest BCUT2D eigenvalue weighted by Gasteiger charge is -2.37. The number of nitrogens with zero attached hydrogens (tertiary/aromatic N) is 2. The zero-order valence-corrected chi connectivity index (χ0v) is 26.1. The molecule has 0 bridgehead atoms. The average molecular weight is 643 g/mol. The second-order valence-corrected chi connectivity index (χ2v) is 16.3. The maximum atomic E-state index is 13.1. The third-order valence-electron chi connectivity index (χ3n) is 7.22. The maximum Gasteiger partial charge on any atom is 0.471 e. The molecule has 0 aliphatic carbocycles. The summed E-state index contributed by atoms with van der Waals surface area (Å²) < 4.78 is 56.9. The van der Waals surface area contributed by atoms with Crippen LogP contribution >= 0.6 is 11.6 Å². The Morgan fingerprint density at radius 2 is 1.88 bits per heavy atom. The van der Waals surface area contributed by atoms with Crippen LogP contribution in [0.2, 0.25) is 18.1 Å². The molecule has 2 amide bonds. The lowest BCUT2D eigenvalue weighted by molar-refractivity contribution is -0.173. The molecular formula is C28H34ClF3N4O6Si. The molecule has 1 fully saturated rings. The molecule has 1 saturated heterocycles. The highest BCUT2D eigenvalue weighted by Crippen LogP contribution is 2.38. The number of amides is 2. The predicted octanol–water partition coefficient (Wildman–Crippen LogP) is 4.42. The first-order valence-corrected chi connectivity index (χ1v) is 16.8. The van der Waals surface area contributed by atoms with Gasteiger partial charge in [0.25, 0.3) is 5.91 Å². The van der Waals surface area contributed by atoms with Gasteiger partial charge in [-0.1, -0.05) is 62.4 Å². The van der Waals surface area contributed by atoms with E-state index in [1.54, 1.807) is 35.6 Å². The van der Waals surface area contributed by atoms with Crippen LogP contribution in [0.1, 0.15) is 49.3 Å². The van der Waals surface area contributed by atoms with Crippen molar-refractivity contribution in [3.05, 3.63) is 58.1 Å². The third-order valence-corrected chi connectivity index (χ3v) is 11.8. The van der Waals surface area contributed by atoms with E-state index in [9.17, 15) is 27.6 Å². The summed E-state index contributed by atoms with van der Waals surface area (Å²) in [4.78, 5) is 41.0. The Balaban J connectivity index is 1.91. The molecule has 0 spiro atoms. The number of aromatic nitrogens is 2. The summed E-state index contributed by atoms with van der Waals surface area (Å²) in [5, 5.41) is 4.11. The summed E-state index contributed by atoms with van der Waals surface area (Å²) >= 11 is 5.85. The van der Waals surface area contributed by atoms with E-state index in [-0.39, 0.29) is 41.1 Å². The molecule has 3 rings (SSSR count). The maximum absolute atomic E-state index is 13.1. The third kappa shape index (κ3) is 9.13. The van der Waals surface area contributed by atoms with Gasteiger partial charge in [-0.15, -0.1) is 0 Å². The molecule has 1 aliphatic rings. The normalized spacial score (nSPS) is 19.0. The average Bonchev–Trinajstić information content (AvgIpc) is 3.32. The molecule has 1 aromatic carbocycles. The first-order valence-electron chi connectivity index (χ1n) is 13.3. The molecule has 3 atom stereocenters. The molecule has 1 aliphatic heterocycles. The van der Waals surface area contributed by atoms with Gasteiger partial charge in [0.15, 0.2) is 14.1 Å². The van der Waals surface area contributed by atoms with Gasteiger partial charge in [-0.05, 0) is 30.3 Å². The number of carbonyl (C=O) groups excluding carboxylic acids is 2. The minimum Gasteiger partial charge on any atom is -0.414 e.